The lowest BCUT2D eigenvalue weighted by Gasteiger charge is -2.21. The van der Waals surface area contributed by atoms with Gasteiger partial charge in [-0.3, -0.25) is 4.79 Å². The maximum absolute atomic E-state index is 11.5. The smallest absolute Gasteiger partial charge is 0.220 e. The summed E-state index contributed by atoms with van der Waals surface area (Å²) in [6.07, 6.45) is 1.98. The number of nitrogens with one attached hydrogen (secondary N) is 1. The molecule has 3 heteroatoms. The number of carbonyl (C=O) groups is 1. The van der Waals surface area contributed by atoms with Crippen LogP contribution in [0.4, 0.5) is 0 Å². The first-order valence-corrected chi connectivity index (χ1v) is 5.95. The minimum atomic E-state index is -0.183. The Morgan fingerprint density at radius 3 is 2.31 bits per heavy atom. The number of carbonyl (C=O) groups excluding carboxylic acids is 1. The molecule has 0 spiro atoms. The van der Waals surface area contributed by atoms with Crippen LogP contribution < -0.4 is 5.32 Å². The van der Waals surface area contributed by atoms with Crippen LogP contribution in [0.2, 0.25) is 0 Å². The van der Waals surface area contributed by atoms with Crippen LogP contribution in [0.5, 0.6) is 0 Å². The van der Waals surface area contributed by atoms with Gasteiger partial charge in [-0.05, 0) is 39.5 Å². The standard InChI is InChI=1S/C13H24N2O/c1-10(2)8-11(9-14)6-7-12(16)15-13(3,4)5/h10-11H,6-8H2,1-5H3,(H,15,16). The molecule has 0 aliphatic rings. The van der Waals surface area contributed by atoms with E-state index in [0.29, 0.717) is 18.8 Å². The summed E-state index contributed by atoms with van der Waals surface area (Å²) in [5.41, 5.74) is -0.183. The van der Waals surface area contributed by atoms with Crippen LogP contribution in [-0.4, -0.2) is 11.4 Å². The van der Waals surface area contributed by atoms with Gasteiger partial charge in [-0.2, -0.15) is 5.26 Å². The lowest BCUT2D eigenvalue weighted by molar-refractivity contribution is -0.122. The fraction of sp³-hybridized carbons (Fsp3) is 0.846. The van der Waals surface area contributed by atoms with E-state index in [1.54, 1.807) is 0 Å². The SMILES string of the molecule is CC(C)CC(C#N)CCC(=O)NC(C)(C)C. The molecular formula is C13H24N2O. The zero-order valence-electron chi connectivity index (χ0n) is 11.1. The van der Waals surface area contributed by atoms with Crippen LogP contribution in [0.3, 0.4) is 0 Å². The molecule has 0 radical (unpaired) electrons. The molecule has 0 aliphatic heterocycles. The van der Waals surface area contributed by atoms with Gasteiger partial charge in [-0.25, -0.2) is 0 Å². The summed E-state index contributed by atoms with van der Waals surface area (Å²) < 4.78 is 0. The first kappa shape index (κ1) is 15.0. The largest absolute Gasteiger partial charge is 0.352 e. The van der Waals surface area contributed by atoms with Crippen molar-refractivity contribution in [2.24, 2.45) is 11.8 Å². The van der Waals surface area contributed by atoms with Crippen molar-refractivity contribution < 1.29 is 4.79 Å². The maximum atomic E-state index is 11.5. The summed E-state index contributed by atoms with van der Waals surface area (Å²) >= 11 is 0. The minimum absolute atomic E-state index is 0.00529. The third-order valence-electron chi connectivity index (χ3n) is 2.17. The molecule has 16 heavy (non-hydrogen) atoms. The number of nitrogens with zero attached hydrogens (tertiary/aromatic N) is 1. The summed E-state index contributed by atoms with van der Waals surface area (Å²) in [5, 5.41) is 11.8. The van der Waals surface area contributed by atoms with Crippen LogP contribution in [0.15, 0.2) is 0 Å². The number of nitriles is 1. The van der Waals surface area contributed by atoms with E-state index in [1.165, 1.54) is 0 Å². The van der Waals surface area contributed by atoms with Crippen molar-refractivity contribution in [3.63, 3.8) is 0 Å². The quantitative estimate of drug-likeness (QED) is 0.780. The highest BCUT2D eigenvalue weighted by Crippen LogP contribution is 2.16. The molecule has 1 amide bonds. The Morgan fingerprint density at radius 2 is 1.94 bits per heavy atom. The molecule has 0 heterocycles. The Kier molecular flexibility index (Phi) is 6.10. The van der Waals surface area contributed by atoms with Gasteiger partial charge >= 0.3 is 0 Å². The number of amides is 1. The molecule has 1 N–H and O–H groups in total. The first-order valence-electron chi connectivity index (χ1n) is 5.95. The van der Waals surface area contributed by atoms with Crippen LogP contribution in [0.25, 0.3) is 0 Å². The van der Waals surface area contributed by atoms with E-state index >= 15 is 0 Å². The van der Waals surface area contributed by atoms with E-state index in [9.17, 15) is 4.79 Å². The molecule has 0 saturated heterocycles. The number of hydrogen-bond donors (Lipinski definition) is 1. The molecule has 0 bridgehead atoms. The highest BCUT2D eigenvalue weighted by Gasteiger charge is 2.16. The van der Waals surface area contributed by atoms with E-state index in [0.717, 1.165) is 6.42 Å². The Hall–Kier alpha value is -1.04. The fourth-order valence-electron chi connectivity index (χ4n) is 1.59. The van der Waals surface area contributed by atoms with Crippen molar-refractivity contribution in [3.8, 4) is 6.07 Å². The van der Waals surface area contributed by atoms with Gasteiger partial charge < -0.3 is 5.32 Å². The highest BCUT2D eigenvalue weighted by molar-refractivity contribution is 5.76. The lowest BCUT2D eigenvalue weighted by atomic mass is 9.94. The predicted molar refractivity (Wildman–Crippen MR) is 65.7 cm³/mol. The van der Waals surface area contributed by atoms with Gasteiger partial charge in [0.05, 0.1) is 6.07 Å². The Balaban J connectivity index is 3.95. The Morgan fingerprint density at radius 1 is 1.38 bits per heavy atom. The van der Waals surface area contributed by atoms with Crippen LogP contribution >= 0.6 is 0 Å². The topological polar surface area (TPSA) is 52.9 Å². The second kappa shape index (κ2) is 6.52. The summed E-state index contributed by atoms with van der Waals surface area (Å²) in [4.78, 5) is 11.5. The average Bonchev–Trinajstić information content (AvgIpc) is 2.08. The molecule has 92 valence electrons. The van der Waals surface area contributed by atoms with E-state index in [2.05, 4.69) is 25.2 Å². The summed E-state index contributed by atoms with van der Waals surface area (Å²) in [7, 11) is 0. The van der Waals surface area contributed by atoms with Crippen LogP contribution in [-0.2, 0) is 4.79 Å². The molecule has 0 aromatic carbocycles. The molecule has 1 unspecified atom stereocenters. The third-order valence-corrected chi connectivity index (χ3v) is 2.17. The monoisotopic (exact) mass is 224 g/mol. The van der Waals surface area contributed by atoms with Gasteiger partial charge in [0.1, 0.15) is 0 Å². The van der Waals surface area contributed by atoms with E-state index in [-0.39, 0.29) is 17.4 Å². The zero-order valence-corrected chi connectivity index (χ0v) is 11.1. The van der Waals surface area contributed by atoms with E-state index in [4.69, 9.17) is 5.26 Å². The van der Waals surface area contributed by atoms with Crippen molar-refractivity contribution >= 4 is 5.91 Å². The summed E-state index contributed by atoms with van der Waals surface area (Å²) in [6.45, 7) is 10.1. The van der Waals surface area contributed by atoms with Crippen LogP contribution in [0.1, 0.15) is 53.9 Å². The Labute approximate surface area is 99.2 Å². The van der Waals surface area contributed by atoms with Gasteiger partial charge in [0.2, 0.25) is 5.91 Å². The second-order valence-corrected chi connectivity index (χ2v) is 5.79. The highest BCUT2D eigenvalue weighted by atomic mass is 16.1. The average molecular weight is 224 g/mol. The van der Waals surface area contributed by atoms with Crippen molar-refractivity contribution in [1.29, 1.82) is 5.26 Å². The van der Waals surface area contributed by atoms with Gasteiger partial charge in [0.25, 0.3) is 0 Å². The van der Waals surface area contributed by atoms with Gasteiger partial charge in [0.15, 0.2) is 0 Å². The number of rotatable bonds is 5. The van der Waals surface area contributed by atoms with Gasteiger partial charge in [-0.1, -0.05) is 13.8 Å². The third kappa shape index (κ3) is 8.28. The van der Waals surface area contributed by atoms with E-state index in [1.807, 2.05) is 20.8 Å². The molecule has 0 saturated carbocycles. The molecule has 3 nitrogen and oxygen atoms in total. The zero-order chi connectivity index (χ0) is 12.8. The summed E-state index contributed by atoms with van der Waals surface area (Å²) in [5.74, 6) is 0.553. The van der Waals surface area contributed by atoms with Crippen molar-refractivity contribution in [2.75, 3.05) is 0 Å². The lowest BCUT2D eigenvalue weighted by Crippen LogP contribution is -2.40. The van der Waals surface area contributed by atoms with Crippen molar-refractivity contribution in [1.82, 2.24) is 5.32 Å². The molecule has 1 atom stereocenters. The maximum Gasteiger partial charge on any atom is 0.220 e. The normalized spacial score (nSPS) is 13.3. The predicted octanol–water partition coefficient (Wildman–Crippen LogP) is 2.87. The van der Waals surface area contributed by atoms with Crippen molar-refractivity contribution in [2.45, 2.75) is 59.4 Å². The molecule has 0 rings (SSSR count). The van der Waals surface area contributed by atoms with Crippen molar-refractivity contribution in [3.05, 3.63) is 0 Å². The Bertz CT molecular complexity index is 258. The molecule has 0 fully saturated rings. The van der Waals surface area contributed by atoms with E-state index < -0.39 is 0 Å². The van der Waals surface area contributed by atoms with Gasteiger partial charge in [0, 0.05) is 17.9 Å². The second-order valence-electron chi connectivity index (χ2n) is 5.79. The van der Waals surface area contributed by atoms with Gasteiger partial charge in [-0.15, -0.1) is 0 Å². The molecule has 0 aliphatic carbocycles. The molecular weight excluding hydrogens is 200 g/mol. The minimum Gasteiger partial charge on any atom is -0.352 e. The summed E-state index contributed by atoms with van der Waals surface area (Å²) in [6, 6.07) is 2.27. The van der Waals surface area contributed by atoms with Crippen LogP contribution in [0, 0.1) is 23.2 Å². The first-order chi connectivity index (χ1) is 7.24. The molecule has 0 aromatic heterocycles. The fourth-order valence-corrected chi connectivity index (χ4v) is 1.59. The molecule has 0 aromatic rings. The number of hydrogen-bond acceptors (Lipinski definition) is 2.